The molecule has 2 rings (SSSR count). The van der Waals surface area contributed by atoms with Crippen LogP contribution in [0.2, 0.25) is 5.02 Å². The van der Waals surface area contributed by atoms with Crippen LogP contribution in [0.1, 0.15) is 15.9 Å². The van der Waals surface area contributed by atoms with E-state index >= 15 is 0 Å². The summed E-state index contributed by atoms with van der Waals surface area (Å²) >= 11 is 5.75. The van der Waals surface area contributed by atoms with Crippen LogP contribution in [0.5, 0.6) is 5.75 Å². The SMILES string of the molecule is CNS(=O)(=O)c1cc(/C=C/C(=O)NNC(=O)c2ccc(Cl)cc2)ccc1OC. The molecule has 0 aliphatic rings. The van der Waals surface area contributed by atoms with Crippen molar-refractivity contribution in [1.29, 1.82) is 0 Å². The highest BCUT2D eigenvalue weighted by Crippen LogP contribution is 2.25. The van der Waals surface area contributed by atoms with Crippen molar-refractivity contribution in [2.24, 2.45) is 0 Å². The lowest BCUT2D eigenvalue weighted by Gasteiger charge is -2.09. The molecule has 0 heterocycles. The predicted molar refractivity (Wildman–Crippen MR) is 105 cm³/mol. The molecule has 0 saturated heterocycles. The van der Waals surface area contributed by atoms with Gasteiger partial charge in [-0.3, -0.25) is 20.4 Å². The number of ether oxygens (including phenoxy) is 1. The van der Waals surface area contributed by atoms with Gasteiger partial charge in [-0.1, -0.05) is 17.7 Å². The van der Waals surface area contributed by atoms with Gasteiger partial charge in [0.25, 0.3) is 11.8 Å². The van der Waals surface area contributed by atoms with Crippen LogP contribution in [-0.2, 0) is 14.8 Å². The molecule has 0 bridgehead atoms. The number of hydrogen-bond donors (Lipinski definition) is 3. The van der Waals surface area contributed by atoms with E-state index in [2.05, 4.69) is 15.6 Å². The number of benzene rings is 2. The molecule has 148 valence electrons. The number of carbonyl (C=O) groups excluding carboxylic acids is 2. The van der Waals surface area contributed by atoms with Crippen molar-refractivity contribution in [3.05, 3.63) is 64.7 Å². The molecule has 8 nitrogen and oxygen atoms in total. The number of rotatable bonds is 6. The summed E-state index contributed by atoms with van der Waals surface area (Å²) < 4.78 is 31.4. The first kappa shape index (κ1) is 21.4. The average molecular weight is 424 g/mol. The molecular weight excluding hydrogens is 406 g/mol. The Hall–Kier alpha value is -2.88. The highest BCUT2D eigenvalue weighted by atomic mass is 35.5. The third-order valence-electron chi connectivity index (χ3n) is 3.58. The minimum atomic E-state index is -3.73. The van der Waals surface area contributed by atoms with Gasteiger partial charge in [-0.05, 0) is 55.1 Å². The van der Waals surface area contributed by atoms with Gasteiger partial charge in [0, 0.05) is 16.7 Å². The van der Waals surface area contributed by atoms with Gasteiger partial charge in [0.1, 0.15) is 10.6 Å². The molecular formula is C18H18ClN3O5S. The monoisotopic (exact) mass is 423 g/mol. The second-order valence-corrected chi connectivity index (χ2v) is 7.69. The van der Waals surface area contributed by atoms with Gasteiger partial charge in [0.05, 0.1) is 7.11 Å². The predicted octanol–water partition coefficient (Wildman–Crippen LogP) is 1.73. The van der Waals surface area contributed by atoms with Crippen molar-refractivity contribution in [3.63, 3.8) is 0 Å². The van der Waals surface area contributed by atoms with E-state index in [9.17, 15) is 18.0 Å². The van der Waals surface area contributed by atoms with Crippen molar-refractivity contribution in [2.75, 3.05) is 14.2 Å². The Kier molecular flexibility index (Phi) is 7.16. The van der Waals surface area contributed by atoms with E-state index in [0.29, 0.717) is 16.1 Å². The standard InChI is InChI=1S/C18H18ClN3O5S/c1-20-28(25,26)16-11-12(3-9-15(16)27-2)4-10-17(23)21-22-18(24)13-5-7-14(19)8-6-13/h3-11,20H,1-2H3,(H,21,23)(H,22,24)/b10-4+. The summed E-state index contributed by atoms with van der Waals surface area (Å²) in [5.74, 6) is -0.937. The lowest BCUT2D eigenvalue weighted by molar-refractivity contribution is -0.117. The van der Waals surface area contributed by atoms with Gasteiger partial charge in [-0.25, -0.2) is 13.1 Å². The lowest BCUT2D eigenvalue weighted by atomic mass is 10.2. The Labute approximate surface area is 167 Å². The largest absolute Gasteiger partial charge is 0.495 e. The molecule has 3 N–H and O–H groups in total. The molecule has 0 atom stereocenters. The highest BCUT2D eigenvalue weighted by molar-refractivity contribution is 7.89. The van der Waals surface area contributed by atoms with E-state index in [1.165, 1.54) is 44.5 Å². The number of hydrazine groups is 1. The van der Waals surface area contributed by atoms with E-state index in [-0.39, 0.29) is 10.6 Å². The van der Waals surface area contributed by atoms with Crippen molar-refractivity contribution in [3.8, 4) is 5.75 Å². The van der Waals surface area contributed by atoms with Gasteiger partial charge >= 0.3 is 0 Å². The van der Waals surface area contributed by atoms with Gasteiger partial charge in [0.15, 0.2) is 0 Å². The summed E-state index contributed by atoms with van der Waals surface area (Å²) in [6.07, 6.45) is 2.55. The average Bonchev–Trinajstić information content (AvgIpc) is 2.70. The molecule has 0 unspecified atom stereocenters. The molecule has 0 fully saturated rings. The molecule has 2 aromatic rings. The minimum absolute atomic E-state index is 0.0592. The molecule has 0 radical (unpaired) electrons. The van der Waals surface area contributed by atoms with E-state index in [1.54, 1.807) is 18.2 Å². The van der Waals surface area contributed by atoms with Crippen LogP contribution in [0.3, 0.4) is 0 Å². The second kappa shape index (κ2) is 9.36. The molecule has 28 heavy (non-hydrogen) atoms. The normalized spacial score (nSPS) is 11.2. The van der Waals surface area contributed by atoms with E-state index in [1.807, 2.05) is 0 Å². The maximum atomic E-state index is 12.1. The molecule has 0 spiro atoms. The molecule has 0 aromatic heterocycles. The maximum absolute atomic E-state index is 12.1. The number of methoxy groups -OCH3 is 1. The summed E-state index contributed by atoms with van der Waals surface area (Å²) in [6.45, 7) is 0. The Morgan fingerprint density at radius 2 is 1.75 bits per heavy atom. The van der Waals surface area contributed by atoms with Crippen LogP contribution >= 0.6 is 11.6 Å². The van der Waals surface area contributed by atoms with Crippen LogP contribution in [-0.4, -0.2) is 34.4 Å². The zero-order valence-corrected chi connectivity index (χ0v) is 16.6. The number of nitrogens with one attached hydrogen (secondary N) is 3. The van der Waals surface area contributed by atoms with E-state index in [0.717, 1.165) is 6.08 Å². The number of carbonyl (C=O) groups is 2. The zero-order valence-electron chi connectivity index (χ0n) is 15.0. The second-order valence-electron chi connectivity index (χ2n) is 5.40. The van der Waals surface area contributed by atoms with Gasteiger partial charge in [0.2, 0.25) is 10.0 Å². The molecule has 2 amide bonds. The number of hydrogen-bond acceptors (Lipinski definition) is 5. The first-order valence-electron chi connectivity index (χ1n) is 7.92. The topological polar surface area (TPSA) is 114 Å². The molecule has 0 aliphatic heterocycles. The third kappa shape index (κ3) is 5.56. The Bertz CT molecular complexity index is 1000. The Morgan fingerprint density at radius 1 is 1.07 bits per heavy atom. The lowest BCUT2D eigenvalue weighted by Crippen LogP contribution is -2.40. The number of halogens is 1. The van der Waals surface area contributed by atoms with Crippen LogP contribution in [0.25, 0.3) is 6.08 Å². The van der Waals surface area contributed by atoms with Gasteiger partial charge in [-0.2, -0.15) is 0 Å². The molecule has 2 aromatic carbocycles. The van der Waals surface area contributed by atoms with Gasteiger partial charge < -0.3 is 4.74 Å². The van der Waals surface area contributed by atoms with Crippen molar-refractivity contribution in [2.45, 2.75) is 4.90 Å². The Balaban J connectivity index is 2.04. The van der Waals surface area contributed by atoms with Gasteiger partial charge in [-0.15, -0.1) is 0 Å². The molecule has 10 heteroatoms. The summed E-state index contributed by atoms with van der Waals surface area (Å²) in [7, 11) is -1.09. The Morgan fingerprint density at radius 3 is 2.36 bits per heavy atom. The fourth-order valence-corrected chi connectivity index (χ4v) is 3.18. The van der Waals surface area contributed by atoms with Crippen molar-refractivity contribution in [1.82, 2.24) is 15.6 Å². The molecule has 0 saturated carbocycles. The fraction of sp³-hybridized carbons (Fsp3) is 0.111. The first-order valence-corrected chi connectivity index (χ1v) is 9.78. The highest BCUT2D eigenvalue weighted by Gasteiger charge is 2.17. The smallest absolute Gasteiger partial charge is 0.269 e. The summed E-state index contributed by atoms with van der Waals surface area (Å²) in [6, 6.07) is 10.6. The molecule has 0 aliphatic carbocycles. The quantitative estimate of drug-likeness (QED) is 0.483. The van der Waals surface area contributed by atoms with E-state index in [4.69, 9.17) is 16.3 Å². The van der Waals surface area contributed by atoms with E-state index < -0.39 is 21.8 Å². The minimum Gasteiger partial charge on any atom is -0.495 e. The van der Waals surface area contributed by atoms with Crippen LogP contribution in [0.15, 0.2) is 53.4 Å². The fourth-order valence-electron chi connectivity index (χ4n) is 2.12. The third-order valence-corrected chi connectivity index (χ3v) is 5.27. The van der Waals surface area contributed by atoms with Crippen LogP contribution in [0.4, 0.5) is 0 Å². The maximum Gasteiger partial charge on any atom is 0.269 e. The zero-order chi connectivity index (χ0) is 20.7. The number of sulfonamides is 1. The summed E-state index contributed by atoms with van der Waals surface area (Å²) in [4.78, 5) is 23.7. The van der Waals surface area contributed by atoms with Crippen LogP contribution in [0, 0.1) is 0 Å². The first-order chi connectivity index (χ1) is 13.3. The number of amides is 2. The van der Waals surface area contributed by atoms with Crippen molar-refractivity contribution >= 4 is 39.5 Å². The van der Waals surface area contributed by atoms with Crippen molar-refractivity contribution < 1.29 is 22.7 Å². The summed E-state index contributed by atoms with van der Waals surface area (Å²) in [5.41, 5.74) is 5.27. The van der Waals surface area contributed by atoms with Crippen LogP contribution < -0.4 is 20.3 Å². The summed E-state index contributed by atoms with van der Waals surface area (Å²) in [5, 5.41) is 0.489.